The molecule has 0 aliphatic carbocycles. The molecule has 25 heavy (non-hydrogen) atoms. The summed E-state index contributed by atoms with van der Waals surface area (Å²) in [5, 5.41) is 6.85. The third-order valence-electron chi connectivity index (χ3n) is 4.50. The van der Waals surface area contributed by atoms with Crippen LogP contribution in [0.4, 0.5) is 10.1 Å². The molecule has 0 saturated carbocycles. The smallest absolute Gasteiger partial charge is 0.292 e. The number of hydrogen-bond donors (Lipinski definition) is 2. The molecule has 1 aromatic heterocycles. The summed E-state index contributed by atoms with van der Waals surface area (Å²) in [6.07, 6.45) is 2.59. The summed E-state index contributed by atoms with van der Waals surface area (Å²) in [5.41, 5.74) is 6.33. The maximum Gasteiger partial charge on any atom is 0.292 e. The maximum absolute atomic E-state index is 13.9. The molecule has 3 heterocycles. The number of carbonyl (C=O) groups is 1. The van der Waals surface area contributed by atoms with Gasteiger partial charge < -0.3 is 20.5 Å². The summed E-state index contributed by atoms with van der Waals surface area (Å²) in [6.45, 7) is 0.988. The lowest BCUT2D eigenvalue weighted by atomic mass is 9.93. The Kier molecular flexibility index (Phi) is 4.38. The maximum atomic E-state index is 13.9. The number of benzene rings is 1. The van der Waals surface area contributed by atoms with E-state index in [0.717, 1.165) is 0 Å². The number of nitrogens with two attached hydrogens (primary N) is 1. The van der Waals surface area contributed by atoms with E-state index in [1.807, 2.05) is 0 Å². The van der Waals surface area contributed by atoms with Gasteiger partial charge in [0.15, 0.2) is 0 Å². The second kappa shape index (κ2) is 6.36. The zero-order valence-corrected chi connectivity index (χ0v) is 14.1. The first kappa shape index (κ1) is 17.2. The minimum absolute atomic E-state index is 0. The lowest BCUT2D eigenvalue weighted by Gasteiger charge is -2.42. The van der Waals surface area contributed by atoms with E-state index in [1.54, 1.807) is 23.1 Å². The Bertz CT molecular complexity index is 816. The molecule has 7 nitrogen and oxygen atoms in total. The van der Waals surface area contributed by atoms with Crippen LogP contribution in [0.25, 0.3) is 0 Å². The number of amidine groups is 1. The predicted molar refractivity (Wildman–Crippen MR) is 92.4 cm³/mol. The standard InChI is InChI=1S/C16H16FN5O2.ClH/c17-10-2-1-3-11-13(10)14(18)21-16(20-11)5-8-22(9-6-16)15(23)12-4-7-19-24-12;/h1-4,7,20H,5-6,8-9H2,(H2,18,21);1H. The molecule has 0 atom stereocenters. The molecule has 4 rings (SSSR count). The number of amides is 1. The lowest BCUT2D eigenvalue weighted by Crippen LogP contribution is -2.52. The molecule has 1 saturated heterocycles. The van der Waals surface area contributed by atoms with Crippen molar-refractivity contribution in [3.8, 4) is 0 Å². The van der Waals surface area contributed by atoms with Crippen molar-refractivity contribution in [1.82, 2.24) is 10.1 Å². The summed E-state index contributed by atoms with van der Waals surface area (Å²) in [5.74, 6) is -0.176. The van der Waals surface area contributed by atoms with Crippen LogP contribution >= 0.6 is 12.4 Å². The van der Waals surface area contributed by atoms with Crippen LogP contribution in [0.15, 0.2) is 40.0 Å². The Labute approximate surface area is 149 Å². The van der Waals surface area contributed by atoms with E-state index in [2.05, 4.69) is 15.5 Å². The molecule has 1 spiro atoms. The van der Waals surface area contributed by atoms with Gasteiger partial charge in [-0.15, -0.1) is 12.4 Å². The molecule has 1 amide bonds. The first-order chi connectivity index (χ1) is 11.6. The topological polar surface area (TPSA) is 96.8 Å². The van der Waals surface area contributed by atoms with E-state index in [-0.39, 0.29) is 29.9 Å². The van der Waals surface area contributed by atoms with Crippen molar-refractivity contribution in [2.75, 3.05) is 18.4 Å². The average molecular weight is 366 g/mol. The molecular formula is C16H17ClFN5O2. The number of carbonyl (C=O) groups excluding carboxylic acids is 1. The van der Waals surface area contributed by atoms with Gasteiger partial charge in [0.2, 0.25) is 5.76 Å². The molecular weight excluding hydrogens is 349 g/mol. The molecule has 2 aliphatic heterocycles. The normalized spacial score (nSPS) is 18.0. The number of nitrogens with zero attached hydrogens (tertiary/aromatic N) is 3. The van der Waals surface area contributed by atoms with E-state index >= 15 is 0 Å². The van der Waals surface area contributed by atoms with Crippen LogP contribution in [0.2, 0.25) is 0 Å². The quantitative estimate of drug-likeness (QED) is 0.805. The molecule has 132 valence electrons. The second-order valence-corrected chi connectivity index (χ2v) is 5.98. The van der Waals surface area contributed by atoms with Gasteiger partial charge in [0, 0.05) is 37.7 Å². The van der Waals surface area contributed by atoms with Crippen molar-refractivity contribution in [3.05, 3.63) is 47.6 Å². The fraction of sp³-hybridized carbons (Fsp3) is 0.312. The highest BCUT2D eigenvalue weighted by atomic mass is 35.5. The Balaban J connectivity index is 0.00000182. The van der Waals surface area contributed by atoms with Crippen LogP contribution in [0.3, 0.4) is 0 Å². The molecule has 2 aliphatic rings. The number of fused-ring (bicyclic) bond motifs is 1. The Hall–Kier alpha value is -2.61. The van der Waals surface area contributed by atoms with Crippen molar-refractivity contribution >= 4 is 29.8 Å². The number of likely N-dealkylation sites (tertiary alicyclic amines) is 1. The number of hydrogen-bond acceptors (Lipinski definition) is 6. The minimum atomic E-state index is -0.608. The molecule has 2 aromatic rings. The van der Waals surface area contributed by atoms with Gasteiger partial charge >= 0.3 is 0 Å². The molecule has 0 radical (unpaired) electrons. The van der Waals surface area contributed by atoms with Crippen molar-refractivity contribution in [2.24, 2.45) is 10.7 Å². The minimum Gasteiger partial charge on any atom is -0.383 e. The highest BCUT2D eigenvalue weighted by Gasteiger charge is 2.39. The molecule has 0 unspecified atom stereocenters. The Morgan fingerprint density at radius 3 is 2.76 bits per heavy atom. The summed E-state index contributed by atoms with van der Waals surface area (Å²) in [6, 6.07) is 6.32. The van der Waals surface area contributed by atoms with Crippen molar-refractivity contribution in [1.29, 1.82) is 0 Å². The van der Waals surface area contributed by atoms with Gasteiger partial charge in [-0.2, -0.15) is 0 Å². The largest absolute Gasteiger partial charge is 0.383 e. The van der Waals surface area contributed by atoms with Gasteiger partial charge in [-0.25, -0.2) is 9.38 Å². The van der Waals surface area contributed by atoms with Gasteiger partial charge in [0.25, 0.3) is 5.91 Å². The van der Waals surface area contributed by atoms with Gasteiger partial charge in [-0.3, -0.25) is 4.79 Å². The van der Waals surface area contributed by atoms with E-state index in [9.17, 15) is 9.18 Å². The highest BCUT2D eigenvalue weighted by Crippen LogP contribution is 2.35. The fourth-order valence-corrected chi connectivity index (χ4v) is 3.25. The molecule has 0 bridgehead atoms. The predicted octanol–water partition coefficient (Wildman–Crippen LogP) is 2.00. The first-order valence-corrected chi connectivity index (χ1v) is 7.70. The van der Waals surface area contributed by atoms with Gasteiger partial charge in [0.05, 0.1) is 11.8 Å². The van der Waals surface area contributed by atoms with E-state index < -0.39 is 11.5 Å². The number of aliphatic imine (C=N–C) groups is 1. The van der Waals surface area contributed by atoms with Gasteiger partial charge in [0.1, 0.15) is 17.3 Å². The summed E-state index contributed by atoms with van der Waals surface area (Å²) >= 11 is 0. The number of aromatic nitrogens is 1. The number of anilines is 1. The molecule has 1 aromatic carbocycles. The van der Waals surface area contributed by atoms with Crippen molar-refractivity contribution < 1.29 is 13.7 Å². The van der Waals surface area contributed by atoms with Crippen LogP contribution in [0.1, 0.15) is 29.0 Å². The van der Waals surface area contributed by atoms with E-state index in [0.29, 0.717) is 37.2 Å². The molecule has 9 heteroatoms. The van der Waals surface area contributed by atoms with Gasteiger partial charge in [-0.05, 0) is 12.1 Å². The highest BCUT2D eigenvalue weighted by molar-refractivity contribution is 6.04. The molecule has 1 fully saturated rings. The zero-order valence-electron chi connectivity index (χ0n) is 13.2. The van der Waals surface area contributed by atoms with Crippen LogP contribution in [-0.4, -0.2) is 40.6 Å². The number of piperidine rings is 1. The number of rotatable bonds is 1. The Morgan fingerprint density at radius 1 is 1.32 bits per heavy atom. The summed E-state index contributed by atoms with van der Waals surface area (Å²) in [4.78, 5) is 18.5. The second-order valence-electron chi connectivity index (χ2n) is 5.98. The monoisotopic (exact) mass is 365 g/mol. The zero-order chi connectivity index (χ0) is 16.7. The lowest BCUT2D eigenvalue weighted by molar-refractivity contribution is 0.0644. The average Bonchev–Trinajstić information content (AvgIpc) is 3.09. The van der Waals surface area contributed by atoms with E-state index in [4.69, 9.17) is 10.3 Å². The first-order valence-electron chi connectivity index (χ1n) is 7.70. The van der Waals surface area contributed by atoms with Crippen molar-refractivity contribution in [3.63, 3.8) is 0 Å². The van der Waals surface area contributed by atoms with Crippen LogP contribution in [-0.2, 0) is 0 Å². The summed E-state index contributed by atoms with van der Waals surface area (Å²) in [7, 11) is 0. The third-order valence-corrected chi connectivity index (χ3v) is 4.50. The SMILES string of the molecule is Cl.NC1=NC2(CCN(C(=O)c3ccno3)CC2)Nc2cccc(F)c21. The van der Waals surface area contributed by atoms with Crippen molar-refractivity contribution in [2.45, 2.75) is 18.5 Å². The fourth-order valence-electron chi connectivity index (χ4n) is 3.25. The summed E-state index contributed by atoms with van der Waals surface area (Å²) < 4.78 is 18.8. The van der Waals surface area contributed by atoms with Crippen LogP contribution < -0.4 is 11.1 Å². The van der Waals surface area contributed by atoms with Crippen LogP contribution in [0, 0.1) is 5.82 Å². The van der Waals surface area contributed by atoms with Gasteiger partial charge in [-0.1, -0.05) is 11.2 Å². The molecule has 3 N–H and O–H groups in total. The number of nitrogens with one attached hydrogen (secondary N) is 1. The third kappa shape index (κ3) is 2.93. The van der Waals surface area contributed by atoms with Crippen LogP contribution in [0.5, 0.6) is 0 Å². The van der Waals surface area contributed by atoms with E-state index in [1.165, 1.54) is 12.3 Å². The Morgan fingerprint density at radius 2 is 2.08 bits per heavy atom. The number of halogens is 2.